The molecule has 0 N–H and O–H groups in total. The van der Waals surface area contributed by atoms with Crippen molar-refractivity contribution in [3.63, 3.8) is 0 Å². The maximum Gasteiger partial charge on any atom is 0 e. The zero-order valence-corrected chi connectivity index (χ0v) is 18.9. The van der Waals surface area contributed by atoms with E-state index in [9.17, 15) is 0 Å². The molecule has 2 rings (SSSR count). The second-order valence-electron chi connectivity index (χ2n) is 5.68. The van der Waals surface area contributed by atoms with E-state index in [1.54, 1.807) is 0 Å². The van der Waals surface area contributed by atoms with Crippen molar-refractivity contribution in [2.75, 3.05) is 0 Å². The van der Waals surface area contributed by atoms with Gasteiger partial charge in [-0.3, -0.25) is 0 Å². The molecule has 0 spiro atoms. The second kappa shape index (κ2) is 13.7. The van der Waals surface area contributed by atoms with E-state index in [-0.39, 0.29) is 42.1 Å². The summed E-state index contributed by atoms with van der Waals surface area (Å²) in [5, 5.41) is 9.50. The van der Waals surface area contributed by atoms with E-state index in [2.05, 4.69) is 43.4 Å². The molecular formula is C20H26N2Pt2-2. The van der Waals surface area contributed by atoms with Crippen LogP contribution in [0.25, 0.3) is 10.6 Å². The smallest absolute Gasteiger partial charge is 0 e. The molecule has 24 heavy (non-hydrogen) atoms. The summed E-state index contributed by atoms with van der Waals surface area (Å²) in [6.45, 7) is 4.47. The Balaban J connectivity index is 0.00000264. The van der Waals surface area contributed by atoms with Crippen LogP contribution in [0.15, 0.2) is 54.6 Å². The van der Waals surface area contributed by atoms with Crippen molar-refractivity contribution in [1.29, 1.82) is 0 Å². The fourth-order valence-electron chi connectivity index (χ4n) is 2.52. The third-order valence-electron chi connectivity index (χ3n) is 3.71. The van der Waals surface area contributed by atoms with Crippen LogP contribution in [0.4, 0.5) is 17.1 Å². The molecule has 0 saturated heterocycles. The Bertz CT molecular complexity index is 529. The molecule has 0 amide bonds. The van der Waals surface area contributed by atoms with Gasteiger partial charge in [0.25, 0.3) is 0 Å². The van der Waals surface area contributed by atoms with Crippen molar-refractivity contribution in [2.24, 2.45) is 0 Å². The van der Waals surface area contributed by atoms with Gasteiger partial charge < -0.3 is 10.6 Å². The van der Waals surface area contributed by atoms with Gasteiger partial charge >= 0.3 is 0 Å². The maximum absolute atomic E-state index is 4.89. The largest absolute Gasteiger partial charge is 0.682 e. The van der Waals surface area contributed by atoms with Gasteiger partial charge in [0, 0.05) is 42.1 Å². The number of rotatable bonds is 9. The van der Waals surface area contributed by atoms with E-state index in [0.717, 1.165) is 17.1 Å². The van der Waals surface area contributed by atoms with Crippen LogP contribution in [-0.2, 0) is 42.1 Å². The first kappa shape index (κ1) is 23.4. The predicted octanol–water partition coefficient (Wildman–Crippen LogP) is 7.38. The summed E-state index contributed by atoms with van der Waals surface area (Å²) in [6, 6.07) is 18.8. The molecule has 1 unspecified atom stereocenters. The van der Waals surface area contributed by atoms with Crippen LogP contribution in [0.5, 0.6) is 0 Å². The van der Waals surface area contributed by atoms with Crippen LogP contribution in [0.1, 0.15) is 46.0 Å². The summed E-state index contributed by atoms with van der Waals surface area (Å²) in [6.07, 6.45) is 6.07. The van der Waals surface area contributed by atoms with E-state index in [4.69, 9.17) is 5.32 Å². The molecule has 2 aromatic rings. The van der Waals surface area contributed by atoms with Gasteiger partial charge in [-0.05, 0) is 0 Å². The van der Waals surface area contributed by atoms with Gasteiger partial charge in [0.05, 0.1) is 0 Å². The zero-order valence-electron chi connectivity index (χ0n) is 14.3. The number of benzene rings is 2. The molecule has 0 aliphatic carbocycles. The molecule has 1 atom stereocenters. The average Bonchev–Trinajstić information content (AvgIpc) is 2.55. The Morgan fingerprint density at radius 3 is 1.88 bits per heavy atom. The molecule has 2 nitrogen and oxygen atoms in total. The Hall–Kier alpha value is -0.583. The minimum Gasteiger partial charge on any atom is -0.682 e. The molecular weight excluding hydrogens is 658 g/mol. The second-order valence-corrected chi connectivity index (χ2v) is 5.68. The fraction of sp³-hybridized carbons (Fsp3) is 0.400. The quantitative estimate of drug-likeness (QED) is 0.264. The monoisotopic (exact) mass is 684 g/mol. The van der Waals surface area contributed by atoms with E-state index in [1.807, 2.05) is 30.3 Å². The molecule has 0 aromatic heterocycles. The van der Waals surface area contributed by atoms with Gasteiger partial charge in [0.15, 0.2) is 0 Å². The summed E-state index contributed by atoms with van der Waals surface area (Å²) in [5.41, 5.74) is 3.03. The number of nitrogens with zero attached hydrogens (tertiary/aromatic N) is 2. The number of hydrogen-bond donors (Lipinski definition) is 0. The van der Waals surface area contributed by atoms with Gasteiger partial charge in [-0.2, -0.15) is 0 Å². The Morgan fingerprint density at radius 2 is 1.29 bits per heavy atom. The third kappa shape index (κ3) is 8.50. The van der Waals surface area contributed by atoms with E-state index in [1.165, 1.54) is 32.1 Å². The summed E-state index contributed by atoms with van der Waals surface area (Å²) < 4.78 is 0. The molecule has 0 aliphatic heterocycles. The molecule has 0 radical (unpaired) electrons. The first-order valence-corrected chi connectivity index (χ1v) is 8.39. The van der Waals surface area contributed by atoms with Crippen molar-refractivity contribution in [1.82, 2.24) is 0 Å². The van der Waals surface area contributed by atoms with Gasteiger partial charge in [0.1, 0.15) is 0 Å². The minimum atomic E-state index is 0. The molecule has 0 heterocycles. The SMILES string of the molecule is CCCCC(CCC)[N-]c1ccc([N-]c2ccccc2)cc1.[Pt].[Pt]. The minimum absolute atomic E-state index is 0. The molecule has 0 fully saturated rings. The summed E-state index contributed by atoms with van der Waals surface area (Å²) in [5.74, 6) is 0. The number of unbranched alkanes of at least 4 members (excludes halogenated alkanes) is 1. The van der Waals surface area contributed by atoms with Crippen molar-refractivity contribution in [3.8, 4) is 0 Å². The Labute approximate surface area is 175 Å². The molecule has 138 valence electrons. The van der Waals surface area contributed by atoms with Crippen LogP contribution in [-0.4, -0.2) is 6.04 Å². The molecule has 0 saturated carbocycles. The van der Waals surface area contributed by atoms with E-state index in [0.29, 0.717) is 6.04 Å². The van der Waals surface area contributed by atoms with Gasteiger partial charge in [-0.15, -0.1) is 23.1 Å². The molecule has 0 bridgehead atoms. The Morgan fingerprint density at radius 1 is 0.708 bits per heavy atom. The van der Waals surface area contributed by atoms with E-state index < -0.39 is 0 Å². The van der Waals surface area contributed by atoms with Crippen LogP contribution >= 0.6 is 0 Å². The van der Waals surface area contributed by atoms with Gasteiger partial charge in [0.2, 0.25) is 0 Å². The molecule has 0 aliphatic rings. The van der Waals surface area contributed by atoms with Crippen LogP contribution in [0.3, 0.4) is 0 Å². The van der Waals surface area contributed by atoms with Crippen LogP contribution < -0.4 is 0 Å². The zero-order chi connectivity index (χ0) is 15.6. The van der Waals surface area contributed by atoms with Crippen LogP contribution in [0.2, 0.25) is 0 Å². The molecule has 2 aromatic carbocycles. The molecule has 4 heteroatoms. The van der Waals surface area contributed by atoms with Crippen LogP contribution in [0, 0.1) is 0 Å². The van der Waals surface area contributed by atoms with Crippen molar-refractivity contribution in [3.05, 3.63) is 65.2 Å². The van der Waals surface area contributed by atoms with Crippen molar-refractivity contribution < 1.29 is 42.1 Å². The van der Waals surface area contributed by atoms with Gasteiger partial charge in [-0.1, -0.05) is 101 Å². The van der Waals surface area contributed by atoms with Gasteiger partial charge in [-0.25, -0.2) is 0 Å². The number of para-hydroxylation sites is 1. The topological polar surface area (TPSA) is 28.2 Å². The first-order chi connectivity index (χ1) is 10.8. The normalized spacial score (nSPS) is 10.9. The maximum atomic E-state index is 4.89. The van der Waals surface area contributed by atoms with Crippen molar-refractivity contribution in [2.45, 2.75) is 52.0 Å². The van der Waals surface area contributed by atoms with E-state index >= 15 is 0 Å². The average molecular weight is 685 g/mol. The summed E-state index contributed by atoms with van der Waals surface area (Å²) in [4.78, 5) is 0. The Kier molecular flexibility index (Phi) is 13.3. The summed E-state index contributed by atoms with van der Waals surface area (Å²) in [7, 11) is 0. The fourth-order valence-corrected chi connectivity index (χ4v) is 2.52. The predicted molar refractivity (Wildman–Crippen MR) is 96.8 cm³/mol. The van der Waals surface area contributed by atoms with Crippen molar-refractivity contribution >= 4 is 17.1 Å². The first-order valence-electron chi connectivity index (χ1n) is 8.39. The summed E-state index contributed by atoms with van der Waals surface area (Å²) >= 11 is 0. The standard InChI is InChI=1S/C20H26N2.2Pt/c1-3-5-10-17(9-4-2)21-19-13-15-20(16-14-19)22-18-11-7-6-8-12-18;;/h6-8,11-17H,3-5,9-10H2,1-2H3;;/q-2;;. The number of hydrogen-bond acceptors (Lipinski definition) is 0. The third-order valence-corrected chi connectivity index (χ3v) is 3.71.